The predicted molar refractivity (Wildman–Crippen MR) is 59.6 cm³/mol. The monoisotopic (exact) mass is 200 g/mol. The van der Waals surface area contributed by atoms with Gasteiger partial charge in [0.1, 0.15) is 0 Å². The van der Waals surface area contributed by atoms with E-state index in [4.69, 9.17) is 4.74 Å². The average molecular weight is 200 g/mol. The van der Waals surface area contributed by atoms with Gasteiger partial charge in [0.05, 0.1) is 6.61 Å². The highest BCUT2D eigenvalue weighted by molar-refractivity contribution is 4.68. The van der Waals surface area contributed by atoms with E-state index in [1.807, 2.05) is 0 Å². The van der Waals surface area contributed by atoms with Gasteiger partial charge in [-0.25, -0.2) is 0 Å². The van der Waals surface area contributed by atoms with Crippen LogP contribution >= 0.6 is 0 Å². The van der Waals surface area contributed by atoms with Crippen LogP contribution in [0.1, 0.15) is 20.3 Å². The smallest absolute Gasteiger partial charge is 0.0593 e. The van der Waals surface area contributed by atoms with Crippen molar-refractivity contribution in [2.75, 3.05) is 45.9 Å². The lowest BCUT2D eigenvalue weighted by molar-refractivity contribution is 0.104. The minimum absolute atomic E-state index is 0.761. The molecule has 1 rings (SSSR count). The van der Waals surface area contributed by atoms with Crippen LogP contribution in [0.15, 0.2) is 0 Å². The van der Waals surface area contributed by atoms with Gasteiger partial charge in [-0.05, 0) is 38.9 Å². The Morgan fingerprint density at radius 1 is 1.50 bits per heavy atom. The van der Waals surface area contributed by atoms with Crippen molar-refractivity contribution in [1.29, 1.82) is 0 Å². The van der Waals surface area contributed by atoms with E-state index in [1.54, 1.807) is 0 Å². The summed E-state index contributed by atoms with van der Waals surface area (Å²) in [5.41, 5.74) is 0. The summed E-state index contributed by atoms with van der Waals surface area (Å²) < 4.78 is 5.39. The Hall–Kier alpha value is -0.120. The van der Waals surface area contributed by atoms with Crippen molar-refractivity contribution in [3.63, 3.8) is 0 Å². The van der Waals surface area contributed by atoms with Crippen molar-refractivity contribution in [2.45, 2.75) is 20.3 Å². The zero-order valence-corrected chi connectivity index (χ0v) is 9.59. The van der Waals surface area contributed by atoms with Gasteiger partial charge in [-0.3, -0.25) is 0 Å². The summed E-state index contributed by atoms with van der Waals surface area (Å²) in [7, 11) is 0. The Bertz CT molecular complexity index is 141. The maximum absolute atomic E-state index is 5.39. The minimum atomic E-state index is 0.761. The lowest BCUT2D eigenvalue weighted by atomic mass is 10.1. The maximum atomic E-state index is 5.39. The molecule has 0 aliphatic carbocycles. The number of hydrogen-bond acceptors (Lipinski definition) is 3. The van der Waals surface area contributed by atoms with Crippen LogP contribution in [0.5, 0.6) is 0 Å². The SMILES string of the molecule is CCOCCN1CCCNCC(C)C1. The van der Waals surface area contributed by atoms with Crippen molar-refractivity contribution in [2.24, 2.45) is 5.92 Å². The first-order valence-corrected chi connectivity index (χ1v) is 5.83. The Kier molecular flexibility index (Phi) is 6.15. The molecule has 1 aliphatic rings. The molecule has 84 valence electrons. The highest BCUT2D eigenvalue weighted by Gasteiger charge is 2.12. The first-order chi connectivity index (χ1) is 6.83. The van der Waals surface area contributed by atoms with Crippen LogP contribution in [-0.4, -0.2) is 50.8 Å². The molecule has 0 amide bonds. The zero-order chi connectivity index (χ0) is 10.2. The molecule has 14 heavy (non-hydrogen) atoms. The molecule has 3 heteroatoms. The molecule has 0 spiro atoms. The minimum Gasteiger partial charge on any atom is -0.380 e. The van der Waals surface area contributed by atoms with E-state index in [2.05, 4.69) is 24.1 Å². The van der Waals surface area contributed by atoms with Gasteiger partial charge >= 0.3 is 0 Å². The largest absolute Gasteiger partial charge is 0.380 e. The Morgan fingerprint density at radius 3 is 3.14 bits per heavy atom. The Balaban J connectivity index is 2.18. The fraction of sp³-hybridized carbons (Fsp3) is 1.00. The molecule has 0 bridgehead atoms. The first kappa shape index (κ1) is 12.0. The standard InChI is InChI=1S/C11H24N2O/c1-3-14-8-7-13-6-4-5-12-9-11(2)10-13/h11-12H,3-10H2,1-2H3. The highest BCUT2D eigenvalue weighted by atomic mass is 16.5. The predicted octanol–water partition coefficient (Wildman–Crippen LogP) is 0.954. The third kappa shape index (κ3) is 4.94. The fourth-order valence-electron chi connectivity index (χ4n) is 1.91. The van der Waals surface area contributed by atoms with E-state index in [-0.39, 0.29) is 0 Å². The molecule has 1 fully saturated rings. The van der Waals surface area contributed by atoms with Crippen molar-refractivity contribution >= 4 is 0 Å². The fourth-order valence-corrected chi connectivity index (χ4v) is 1.91. The highest BCUT2D eigenvalue weighted by Crippen LogP contribution is 2.03. The lowest BCUT2D eigenvalue weighted by Crippen LogP contribution is -2.40. The van der Waals surface area contributed by atoms with Crippen LogP contribution in [0.25, 0.3) is 0 Å². The third-order valence-electron chi connectivity index (χ3n) is 2.65. The summed E-state index contributed by atoms with van der Waals surface area (Å²) in [6.45, 7) is 11.9. The van der Waals surface area contributed by atoms with E-state index in [9.17, 15) is 0 Å². The van der Waals surface area contributed by atoms with Crippen LogP contribution < -0.4 is 5.32 Å². The molecule has 3 nitrogen and oxygen atoms in total. The second kappa shape index (κ2) is 7.21. The molecule has 0 aromatic heterocycles. The molecule has 1 aliphatic heterocycles. The van der Waals surface area contributed by atoms with Crippen LogP contribution in [0.2, 0.25) is 0 Å². The van der Waals surface area contributed by atoms with E-state index in [0.29, 0.717) is 0 Å². The molecule has 0 radical (unpaired) electrons. The number of rotatable bonds is 4. The zero-order valence-electron chi connectivity index (χ0n) is 9.59. The molecular formula is C11H24N2O. The van der Waals surface area contributed by atoms with Crippen molar-refractivity contribution in [3.05, 3.63) is 0 Å². The normalized spacial score (nSPS) is 25.7. The molecule has 0 aromatic carbocycles. The van der Waals surface area contributed by atoms with Gasteiger partial charge in [0.25, 0.3) is 0 Å². The average Bonchev–Trinajstić information content (AvgIpc) is 2.13. The quantitative estimate of drug-likeness (QED) is 0.684. The summed E-state index contributed by atoms with van der Waals surface area (Å²) in [4.78, 5) is 2.53. The van der Waals surface area contributed by atoms with E-state index in [1.165, 1.54) is 19.5 Å². The van der Waals surface area contributed by atoms with Gasteiger partial charge in [-0.15, -0.1) is 0 Å². The first-order valence-electron chi connectivity index (χ1n) is 5.83. The van der Waals surface area contributed by atoms with Gasteiger partial charge in [0, 0.05) is 19.7 Å². The number of nitrogens with zero attached hydrogens (tertiary/aromatic N) is 1. The topological polar surface area (TPSA) is 24.5 Å². The summed E-state index contributed by atoms with van der Waals surface area (Å²) >= 11 is 0. The molecule has 0 saturated carbocycles. The van der Waals surface area contributed by atoms with Gasteiger partial charge in [0.15, 0.2) is 0 Å². The molecule has 1 saturated heterocycles. The second-order valence-corrected chi connectivity index (χ2v) is 4.16. The number of hydrogen-bond donors (Lipinski definition) is 1. The summed E-state index contributed by atoms with van der Waals surface area (Å²) in [5, 5.41) is 3.47. The van der Waals surface area contributed by atoms with Crippen LogP contribution in [0.3, 0.4) is 0 Å². The number of nitrogens with one attached hydrogen (secondary N) is 1. The van der Waals surface area contributed by atoms with Crippen LogP contribution in [-0.2, 0) is 4.74 Å². The second-order valence-electron chi connectivity index (χ2n) is 4.16. The van der Waals surface area contributed by atoms with E-state index in [0.717, 1.165) is 38.8 Å². The van der Waals surface area contributed by atoms with Gasteiger partial charge in [-0.2, -0.15) is 0 Å². The van der Waals surface area contributed by atoms with Gasteiger partial charge < -0.3 is 15.0 Å². The van der Waals surface area contributed by atoms with Crippen molar-refractivity contribution in [3.8, 4) is 0 Å². The van der Waals surface area contributed by atoms with E-state index >= 15 is 0 Å². The Morgan fingerprint density at radius 2 is 2.36 bits per heavy atom. The molecular weight excluding hydrogens is 176 g/mol. The molecule has 1 unspecified atom stereocenters. The maximum Gasteiger partial charge on any atom is 0.0593 e. The number of ether oxygens (including phenoxy) is 1. The summed E-state index contributed by atoms with van der Waals surface area (Å²) in [6.07, 6.45) is 1.26. The van der Waals surface area contributed by atoms with Crippen molar-refractivity contribution in [1.82, 2.24) is 10.2 Å². The molecule has 1 heterocycles. The summed E-state index contributed by atoms with van der Waals surface area (Å²) in [6, 6.07) is 0. The lowest BCUT2D eigenvalue weighted by Gasteiger charge is -2.28. The molecule has 1 N–H and O–H groups in total. The van der Waals surface area contributed by atoms with Gasteiger partial charge in [-0.1, -0.05) is 6.92 Å². The molecule has 0 aromatic rings. The van der Waals surface area contributed by atoms with Crippen molar-refractivity contribution < 1.29 is 4.74 Å². The Labute approximate surface area is 87.8 Å². The summed E-state index contributed by atoms with van der Waals surface area (Å²) in [5.74, 6) is 0.761. The van der Waals surface area contributed by atoms with E-state index < -0.39 is 0 Å². The van der Waals surface area contributed by atoms with Gasteiger partial charge in [0.2, 0.25) is 0 Å². The van der Waals surface area contributed by atoms with Crippen LogP contribution in [0, 0.1) is 5.92 Å². The third-order valence-corrected chi connectivity index (χ3v) is 2.65. The van der Waals surface area contributed by atoms with Crippen LogP contribution in [0.4, 0.5) is 0 Å². The molecule has 1 atom stereocenters.